The van der Waals surface area contributed by atoms with E-state index in [4.69, 9.17) is 16.3 Å². The lowest BCUT2D eigenvalue weighted by Crippen LogP contribution is -2.49. The van der Waals surface area contributed by atoms with E-state index in [2.05, 4.69) is 20.8 Å². The summed E-state index contributed by atoms with van der Waals surface area (Å²) in [5.41, 5.74) is 0.877. The van der Waals surface area contributed by atoms with Crippen molar-refractivity contribution < 1.29 is 9.53 Å². The minimum Gasteiger partial charge on any atom is -0.496 e. The lowest BCUT2D eigenvalue weighted by molar-refractivity contribution is -0.124. The molecule has 8 heteroatoms. The van der Waals surface area contributed by atoms with Crippen molar-refractivity contribution in [2.75, 3.05) is 7.11 Å². The van der Waals surface area contributed by atoms with Crippen molar-refractivity contribution in [2.45, 2.75) is 32.6 Å². The van der Waals surface area contributed by atoms with Crippen LogP contribution in [0.5, 0.6) is 5.75 Å². The summed E-state index contributed by atoms with van der Waals surface area (Å²) in [5, 5.41) is 14.8. The van der Waals surface area contributed by atoms with Crippen LogP contribution >= 0.6 is 11.6 Å². The van der Waals surface area contributed by atoms with Gasteiger partial charge >= 0.3 is 0 Å². The highest BCUT2D eigenvalue weighted by molar-refractivity contribution is 6.30. The van der Waals surface area contributed by atoms with Gasteiger partial charge in [0, 0.05) is 23.7 Å². The van der Waals surface area contributed by atoms with Crippen LogP contribution in [0, 0.1) is 6.92 Å². The normalized spacial score (nSPS) is 16.7. The van der Waals surface area contributed by atoms with Crippen LogP contribution < -0.4 is 15.4 Å². The number of halogens is 1. The van der Waals surface area contributed by atoms with E-state index in [1.807, 2.05) is 17.6 Å². The highest BCUT2D eigenvalue weighted by Gasteiger charge is 2.26. The number of ether oxygens (including phenoxy) is 1. The predicted octanol–water partition coefficient (Wildman–Crippen LogP) is 1.04. The highest BCUT2D eigenvalue weighted by atomic mass is 35.5. The Morgan fingerprint density at radius 3 is 3.13 bits per heavy atom. The smallest absolute Gasteiger partial charge is 0.239 e. The maximum Gasteiger partial charge on any atom is 0.239 e. The molecule has 3 rings (SSSR count). The van der Waals surface area contributed by atoms with E-state index in [0.717, 1.165) is 17.2 Å². The second-order valence-electron chi connectivity index (χ2n) is 5.38. The number of methoxy groups -OCH3 is 1. The summed E-state index contributed by atoms with van der Waals surface area (Å²) in [4.78, 5) is 12.4. The SMILES string of the molecule is COc1cc(Cl)ccc1CNC(=O)C1Cn2c(C)nnc2CN1. The van der Waals surface area contributed by atoms with Crippen molar-refractivity contribution in [2.24, 2.45) is 0 Å². The molecule has 1 amide bonds. The molecule has 0 saturated heterocycles. The van der Waals surface area contributed by atoms with Gasteiger partial charge < -0.3 is 14.6 Å². The molecule has 0 radical (unpaired) electrons. The number of nitrogens with zero attached hydrogens (tertiary/aromatic N) is 3. The van der Waals surface area contributed by atoms with Crippen LogP contribution in [0.2, 0.25) is 5.02 Å². The van der Waals surface area contributed by atoms with E-state index in [9.17, 15) is 4.79 Å². The number of benzene rings is 1. The maximum atomic E-state index is 12.4. The molecule has 0 saturated carbocycles. The molecule has 23 heavy (non-hydrogen) atoms. The van der Waals surface area contributed by atoms with Gasteiger partial charge in [0.25, 0.3) is 0 Å². The first-order valence-electron chi connectivity index (χ1n) is 7.30. The fraction of sp³-hybridized carbons (Fsp3) is 0.400. The number of fused-ring (bicyclic) bond motifs is 1. The summed E-state index contributed by atoms with van der Waals surface area (Å²) in [5.74, 6) is 2.26. The monoisotopic (exact) mass is 335 g/mol. The van der Waals surface area contributed by atoms with Crippen molar-refractivity contribution >= 4 is 17.5 Å². The lowest BCUT2D eigenvalue weighted by Gasteiger charge is -2.24. The molecule has 2 N–H and O–H groups in total. The Morgan fingerprint density at radius 2 is 2.35 bits per heavy atom. The Kier molecular flexibility index (Phi) is 4.49. The Morgan fingerprint density at radius 1 is 1.52 bits per heavy atom. The maximum absolute atomic E-state index is 12.4. The molecule has 1 aliphatic heterocycles. The Labute approximate surface area is 139 Å². The highest BCUT2D eigenvalue weighted by Crippen LogP contribution is 2.23. The first-order valence-corrected chi connectivity index (χ1v) is 7.68. The quantitative estimate of drug-likeness (QED) is 0.872. The van der Waals surface area contributed by atoms with Gasteiger partial charge in [-0.05, 0) is 19.1 Å². The number of aromatic nitrogens is 3. The van der Waals surface area contributed by atoms with Crippen molar-refractivity contribution in [3.63, 3.8) is 0 Å². The predicted molar refractivity (Wildman–Crippen MR) is 85.2 cm³/mol. The average molecular weight is 336 g/mol. The lowest BCUT2D eigenvalue weighted by atomic mass is 10.1. The van der Waals surface area contributed by atoms with Crippen molar-refractivity contribution in [1.29, 1.82) is 0 Å². The third-order valence-corrected chi connectivity index (χ3v) is 4.14. The van der Waals surface area contributed by atoms with Gasteiger partial charge in [0.05, 0.1) is 13.7 Å². The topological polar surface area (TPSA) is 81.1 Å². The van der Waals surface area contributed by atoms with E-state index in [1.165, 1.54) is 0 Å². The first kappa shape index (κ1) is 15.8. The van der Waals surface area contributed by atoms with Gasteiger partial charge in [0.15, 0.2) is 0 Å². The summed E-state index contributed by atoms with van der Waals surface area (Å²) < 4.78 is 7.25. The van der Waals surface area contributed by atoms with Gasteiger partial charge in [-0.1, -0.05) is 17.7 Å². The number of nitrogens with one attached hydrogen (secondary N) is 2. The molecular weight excluding hydrogens is 318 g/mol. The van der Waals surface area contributed by atoms with Gasteiger partial charge in [-0.15, -0.1) is 10.2 Å². The Bertz CT molecular complexity index is 731. The van der Waals surface area contributed by atoms with Crippen LogP contribution in [0.4, 0.5) is 0 Å². The van der Waals surface area contributed by atoms with Gasteiger partial charge in [-0.3, -0.25) is 10.1 Å². The van der Waals surface area contributed by atoms with E-state index in [1.54, 1.807) is 19.2 Å². The molecule has 2 aromatic rings. The van der Waals surface area contributed by atoms with Crippen molar-refractivity contribution in [1.82, 2.24) is 25.4 Å². The number of carbonyl (C=O) groups excluding carboxylic acids is 1. The largest absolute Gasteiger partial charge is 0.496 e. The van der Waals surface area contributed by atoms with E-state index in [0.29, 0.717) is 30.4 Å². The zero-order valence-electron chi connectivity index (χ0n) is 13.0. The number of rotatable bonds is 4. The van der Waals surface area contributed by atoms with Crippen LogP contribution in [0.1, 0.15) is 17.2 Å². The molecule has 7 nitrogen and oxygen atoms in total. The summed E-state index contributed by atoms with van der Waals surface area (Å²) in [7, 11) is 1.58. The third-order valence-electron chi connectivity index (χ3n) is 3.90. The molecule has 1 atom stereocenters. The molecule has 0 aliphatic carbocycles. The van der Waals surface area contributed by atoms with Crippen LogP contribution in [-0.4, -0.2) is 33.8 Å². The van der Waals surface area contributed by atoms with E-state index < -0.39 is 0 Å². The number of carbonyl (C=O) groups is 1. The summed E-state index contributed by atoms with van der Waals surface area (Å²) in [6, 6.07) is 5.04. The summed E-state index contributed by atoms with van der Waals surface area (Å²) >= 11 is 5.94. The Balaban J connectivity index is 1.63. The number of aryl methyl sites for hydroxylation is 1. The Hall–Kier alpha value is -2.12. The van der Waals surface area contributed by atoms with E-state index in [-0.39, 0.29) is 11.9 Å². The van der Waals surface area contributed by atoms with Crippen molar-refractivity contribution in [3.8, 4) is 5.75 Å². The van der Waals surface area contributed by atoms with E-state index >= 15 is 0 Å². The average Bonchev–Trinajstić information content (AvgIpc) is 2.94. The molecule has 1 aliphatic rings. The summed E-state index contributed by atoms with van der Waals surface area (Å²) in [6.45, 7) is 3.32. The van der Waals surface area contributed by atoms with Crippen LogP contribution in [-0.2, 0) is 24.4 Å². The molecule has 0 fully saturated rings. The van der Waals surface area contributed by atoms with Crippen molar-refractivity contribution in [3.05, 3.63) is 40.4 Å². The molecule has 0 bridgehead atoms. The minimum absolute atomic E-state index is 0.0687. The molecule has 1 aromatic heterocycles. The van der Waals surface area contributed by atoms with Gasteiger partial charge in [0.1, 0.15) is 23.4 Å². The zero-order valence-corrected chi connectivity index (χ0v) is 13.7. The molecular formula is C15H18ClN5O2. The van der Waals surface area contributed by atoms with Gasteiger partial charge in [-0.2, -0.15) is 0 Å². The van der Waals surface area contributed by atoms with Crippen LogP contribution in [0.3, 0.4) is 0 Å². The second kappa shape index (κ2) is 6.55. The zero-order chi connectivity index (χ0) is 16.4. The third kappa shape index (κ3) is 3.30. The fourth-order valence-corrected chi connectivity index (χ4v) is 2.76. The molecule has 1 unspecified atom stereocenters. The standard InChI is InChI=1S/C15H18ClN5O2/c1-9-19-20-14-7-17-12(8-21(9)14)15(22)18-6-10-3-4-11(16)5-13(10)23-2/h3-5,12,17H,6-8H2,1-2H3,(H,18,22). The number of hydrogen-bond acceptors (Lipinski definition) is 5. The minimum atomic E-state index is -0.310. The van der Waals surface area contributed by atoms with Crippen LogP contribution in [0.25, 0.3) is 0 Å². The first-order chi connectivity index (χ1) is 11.1. The molecule has 1 aromatic carbocycles. The molecule has 122 valence electrons. The van der Waals surface area contributed by atoms with Crippen LogP contribution in [0.15, 0.2) is 18.2 Å². The number of amides is 1. The fourth-order valence-electron chi connectivity index (χ4n) is 2.60. The molecule has 0 spiro atoms. The number of hydrogen-bond donors (Lipinski definition) is 2. The van der Waals surface area contributed by atoms with Gasteiger partial charge in [-0.25, -0.2) is 0 Å². The second-order valence-corrected chi connectivity index (χ2v) is 5.82. The summed E-state index contributed by atoms with van der Waals surface area (Å²) in [6.07, 6.45) is 0. The molecule has 2 heterocycles. The van der Waals surface area contributed by atoms with Gasteiger partial charge in [0.2, 0.25) is 5.91 Å².